The van der Waals surface area contributed by atoms with E-state index in [0.717, 1.165) is 29.5 Å². The van der Waals surface area contributed by atoms with Gasteiger partial charge < -0.3 is 10.6 Å². The summed E-state index contributed by atoms with van der Waals surface area (Å²) in [6, 6.07) is 1.88. The number of allylic oxidation sites excluding steroid dienone is 2. The van der Waals surface area contributed by atoms with Crippen LogP contribution in [-0.2, 0) is 0 Å². The van der Waals surface area contributed by atoms with Gasteiger partial charge in [-0.05, 0) is 19.8 Å². The molecule has 0 bridgehead atoms. The Morgan fingerprint density at radius 2 is 2.35 bits per heavy atom. The molecule has 1 unspecified atom stereocenters. The van der Waals surface area contributed by atoms with Crippen LogP contribution < -0.4 is 10.6 Å². The van der Waals surface area contributed by atoms with E-state index in [0.29, 0.717) is 4.88 Å². The number of nitrogens with two attached hydrogens (primary N) is 1. The van der Waals surface area contributed by atoms with Gasteiger partial charge in [-0.15, -0.1) is 0 Å². The number of anilines is 1. The van der Waals surface area contributed by atoms with Crippen LogP contribution in [0.2, 0.25) is 0 Å². The SMILES string of the molecule is CC/C=C(\CC)N=C(C(C)N)N(C)c1ncc(C#N)s1. The first-order chi connectivity index (χ1) is 9.53. The average molecular weight is 291 g/mol. The summed E-state index contributed by atoms with van der Waals surface area (Å²) in [5.74, 6) is 0.755. The van der Waals surface area contributed by atoms with Gasteiger partial charge >= 0.3 is 0 Å². The predicted molar refractivity (Wildman–Crippen MR) is 85.0 cm³/mol. The second kappa shape index (κ2) is 7.78. The highest BCUT2D eigenvalue weighted by molar-refractivity contribution is 7.16. The van der Waals surface area contributed by atoms with Gasteiger partial charge in [0, 0.05) is 12.7 Å². The molecular formula is C14H21N5S. The van der Waals surface area contributed by atoms with Crippen LogP contribution in [0.25, 0.3) is 0 Å². The maximum absolute atomic E-state index is 8.87. The Labute approximate surface area is 124 Å². The minimum atomic E-state index is -0.207. The Balaban J connectivity index is 3.10. The largest absolute Gasteiger partial charge is 0.322 e. The molecule has 20 heavy (non-hydrogen) atoms. The Morgan fingerprint density at radius 3 is 2.80 bits per heavy atom. The zero-order valence-electron chi connectivity index (χ0n) is 12.4. The number of hydrogen-bond acceptors (Lipinski definition) is 5. The smallest absolute Gasteiger partial charge is 0.191 e. The third kappa shape index (κ3) is 4.15. The summed E-state index contributed by atoms with van der Waals surface area (Å²) in [6.45, 7) is 6.05. The number of aliphatic imine (C=N–C) groups is 1. The number of likely N-dealkylation sites (N-methyl/N-ethyl adjacent to an activating group) is 1. The van der Waals surface area contributed by atoms with Crippen LogP contribution in [0, 0.1) is 11.3 Å². The van der Waals surface area contributed by atoms with Crippen molar-refractivity contribution in [2.45, 2.75) is 39.7 Å². The van der Waals surface area contributed by atoms with Gasteiger partial charge in [0.05, 0.1) is 12.2 Å². The molecule has 0 aliphatic carbocycles. The van der Waals surface area contributed by atoms with Crippen LogP contribution >= 0.6 is 11.3 Å². The van der Waals surface area contributed by atoms with Crippen molar-refractivity contribution in [2.75, 3.05) is 11.9 Å². The Hall–Kier alpha value is -1.71. The number of nitrogens with zero attached hydrogens (tertiary/aromatic N) is 4. The molecule has 1 heterocycles. The van der Waals surface area contributed by atoms with E-state index < -0.39 is 0 Å². The number of rotatable bonds is 5. The van der Waals surface area contributed by atoms with Gasteiger partial charge in [-0.3, -0.25) is 0 Å². The van der Waals surface area contributed by atoms with Crippen molar-refractivity contribution in [1.82, 2.24) is 4.98 Å². The van der Waals surface area contributed by atoms with Crippen molar-refractivity contribution < 1.29 is 0 Å². The van der Waals surface area contributed by atoms with E-state index in [4.69, 9.17) is 11.0 Å². The zero-order chi connectivity index (χ0) is 15.1. The third-order valence-electron chi connectivity index (χ3n) is 2.70. The van der Waals surface area contributed by atoms with Gasteiger partial charge in [-0.25, -0.2) is 9.98 Å². The fourth-order valence-corrected chi connectivity index (χ4v) is 2.39. The maximum Gasteiger partial charge on any atom is 0.191 e. The second-order valence-electron chi connectivity index (χ2n) is 4.39. The van der Waals surface area contributed by atoms with Crippen LogP contribution in [0.3, 0.4) is 0 Å². The first-order valence-electron chi connectivity index (χ1n) is 6.66. The minimum absolute atomic E-state index is 0.207. The first-order valence-corrected chi connectivity index (χ1v) is 7.47. The molecule has 0 saturated carbocycles. The second-order valence-corrected chi connectivity index (χ2v) is 5.40. The number of nitriles is 1. The van der Waals surface area contributed by atoms with Crippen molar-refractivity contribution >= 4 is 22.3 Å². The molecule has 0 aromatic carbocycles. The summed E-state index contributed by atoms with van der Waals surface area (Å²) in [4.78, 5) is 11.3. The number of hydrogen-bond donors (Lipinski definition) is 1. The molecule has 5 nitrogen and oxygen atoms in total. The highest BCUT2D eigenvalue weighted by Gasteiger charge is 2.16. The van der Waals surface area contributed by atoms with Crippen molar-refractivity contribution in [3.63, 3.8) is 0 Å². The molecule has 0 fully saturated rings. The quantitative estimate of drug-likeness (QED) is 0.668. The van der Waals surface area contributed by atoms with Crippen LogP contribution in [0.1, 0.15) is 38.5 Å². The molecule has 1 atom stereocenters. The number of aromatic nitrogens is 1. The lowest BCUT2D eigenvalue weighted by Gasteiger charge is -2.21. The van der Waals surface area contributed by atoms with E-state index in [9.17, 15) is 0 Å². The lowest BCUT2D eigenvalue weighted by molar-refractivity contribution is 0.920. The molecular weight excluding hydrogens is 270 g/mol. The standard InChI is InChI=1S/C14H21N5S/c1-5-7-11(6-2)18-13(10(3)16)19(4)14-17-9-12(8-15)20-14/h7,9-10H,5-6,16H2,1-4H3/b11-7+,18-13?. The monoisotopic (exact) mass is 291 g/mol. The van der Waals surface area contributed by atoms with Crippen LogP contribution in [0.5, 0.6) is 0 Å². The lowest BCUT2D eigenvalue weighted by Crippen LogP contribution is -2.40. The third-order valence-corrected chi connectivity index (χ3v) is 3.68. The molecule has 0 spiro atoms. The molecule has 0 aliphatic heterocycles. The molecule has 108 valence electrons. The van der Waals surface area contributed by atoms with Crippen molar-refractivity contribution in [2.24, 2.45) is 10.7 Å². The summed E-state index contributed by atoms with van der Waals surface area (Å²) in [6.07, 6.45) is 5.47. The molecule has 1 aromatic rings. The summed E-state index contributed by atoms with van der Waals surface area (Å²) in [5, 5.41) is 9.60. The van der Waals surface area contributed by atoms with Crippen LogP contribution in [0.15, 0.2) is 23.0 Å². The predicted octanol–water partition coefficient (Wildman–Crippen LogP) is 2.90. The highest BCUT2D eigenvalue weighted by Crippen LogP contribution is 2.22. The van der Waals surface area contributed by atoms with Gasteiger partial charge in [0.1, 0.15) is 16.8 Å². The van der Waals surface area contributed by atoms with Gasteiger partial charge in [0.15, 0.2) is 5.13 Å². The zero-order valence-corrected chi connectivity index (χ0v) is 13.2. The number of amidine groups is 1. The van der Waals surface area contributed by atoms with E-state index in [-0.39, 0.29) is 6.04 Å². The molecule has 1 rings (SSSR count). The van der Waals surface area contributed by atoms with Gasteiger partial charge in [0.25, 0.3) is 0 Å². The topological polar surface area (TPSA) is 78.3 Å². The normalized spacial score (nSPS) is 14.0. The Morgan fingerprint density at radius 1 is 1.65 bits per heavy atom. The highest BCUT2D eigenvalue weighted by atomic mass is 32.1. The summed E-state index contributed by atoms with van der Waals surface area (Å²) >= 11 is 1.33. The maximum atomic E-state index is 8.87. The van der Waals surface area contributed by atoms with Crippen molar-refractivity contribution in [3.05, 3.63) is 22.8 Å². The minimum Gasteiger partial charge on any atom is -0.322 e. The van der Waals surface area contributed by atoms with Crippen molar-refractivity contribution in [1.29, 1.82) is 5.26 Å². The van der Waals surface area contributed by atoms with Crippen molar-refractivity contribution in [3.8, 4) is 6.07 Å². The summed E-state index contributed by atoms with van der Waals surface area (Å²) in [5.41, 5.74) is 7.04. The summed E-state index contributed by atoms with van der Waals surface area (Å²) < 4.78 is 0. The van der Waals surface area contributed by atoms with Crippen LogP contribution in [0.4, 0.5) is 5.13 Å². The molecule has 0 radical (unpaired) electrons. The van der Waals surface area contributed by atoms with E-state index >= 15 is 0 Å². The Kier molecular flexibility index (Phi) is 6.36. The Bertz CT molecular complexity index is 536. The van der Waals surface area contributed by atoms with Gasteiger partial charge in [0.2, 0.25) is 0 Å². The molecule has 0 amide bonds. The number of thiazole rings is 1. The van der Waals surface area contributed by atoms with E-state index in [2.05, 4.69) is 36.0 Å². The van der Waals surface area contributed by atoms with E-state index in [1.807, 2.05) is 18.9 Å². The van der Waals surface area contributed by atoms with Gasteiger partial charge in [-0.2, -0.15) is 5.26 Å². The molecule has 0 saturated heterocycles. The average Bonchev–Trinajstić information content (AvgIpc) is 2.91. The van der Waals surface area contributed by atoms with Crippen LogP contribution in [-0.4, -0.2) is 23.9 Å². The lowest BCUT2D eigenvalue weighted by atomic mass is 10.2. The van der Waals surface area contributed by atoms with E-state index in [1.54, 1.807) is 6.20 Å². The molecule has 6 heteroatoms. The fraction of sp³-hybridized carbons (Fsp3) is 0.500. The van der Waals surface area contributed by atoms with E-state index in [1.165, 1.54) is 11.3 Å². The first kappa shape index (κ1) is 16.3. The molecule has 2 N–H and O–H groups in total. The molecule has 1 aromatic heterocycles. The summed E-state index contributed by atoms with van der Waals surface area (Å²) in [7, 11) is 1.88. The fourth-order valence-electron chi connectivity index (χ4n) is 1.70. The molecule has 0 aliphatic rings. The van der Waals surface area contributed by atoms with Gasteiger partial charge in [-0.1, -0.05) is 31.3 Å².